The summed E-state index contributed by atoms with van der Waals surface area (Å²) in [7, 11) is 0. The number of carbonyl (C=O) groups is 1. The maximum Gasteiger partial charge on any atom is 0.254 e. The Morgan fingerprint density at radius 3 is 2.83 bits per heavy atom. The molecule has 1 fully saturated rings. The molecule has 2 unspecified atom stereocenters. The fraction of sp³-hybridized carbons (Fsp3) is 0.462. The number of aliphatic hydroxyl groups excluding tert-OH is 1. The van der Waals surface area contributed by atoms with Gasteiger partial charge in [0, 0.05) is 30.3 Å². The zero-order valence-electron chi connectivity index (χ0n) is 10.3. The highest BCUT2D eigenvalue weighted by Crippen LogP contribution is 2.22. The molecule has 5 heteroatoms. The third-order valence-corrected chi connectivity index (χ3v) is 3.36. The lowest BCUT2D eigenvalue weighted by molar-refractivity contribution is 0.0762. The van der Waals surface area contributed by atoms with Crippen LogP contribution in [0.3, 0.4) is 0 Å². The number of nitrogen functional groups attached to an aromatic ring is 1. The van der Waals surface area contributed by atoms with Crippen LogP contribution in [0.4, 0.5) is 10.1 Å². The molecule has 0 aliphatic carbocycles. The van der Waals surface area contributed by atoms with E-state index in [0.29, 0.717) is 13.1 Å². The van der Waals surface area contributed by atoms with Gasteiger partial charge in [-0.25, -0.2) is 4.39 Å². The second kappa shape index (κ2) is 4.94. The number of nitrogens with two attached hydrogens (primary N) is 1. The second-order valence-electron chi connectivity index (χ2n) is 4.81. The second-order valence-corrected chi connectivity index (χ2v) is 4.81. The lowest BCUT2D eigenvalue weighted by atomic mass is 10.0. The Kier molecular flexibility index (Phi) is 3.52. The molecule has 1 amide bonds. The summed E-state index contributed by atoms with van der Waals surface area (Å²) in [5.41, 5.74) is 6.02. The maximum absolute atomic E-state index is 13.2. The quantitative estimate of drug-likeness (QED) is 0.778. The van der Waals surface area contributed by atoms with E-state index in [9.17, 15) is 14.3 Å². The molecule has 0 spiro atoms. The van der Waals surface area contributed by atoms with Crippen molar-refractivity contribution in [2.45, 2.75) is 19.4 Å². The Labute approximate surface area is 105 Å². The van der Waals surface area contributed by atoms with Crippen molar-refractivity contribution in [3.63, 3.8) is 0 Å². The Morgan fingerprint density at radius 2 is 2.28 bits per heavy atom. The van der Waals surface area contributed by atoms with Crippen LogP contribution in [0.25, 0.3) is 0 Å². The number of benzene rings is 1. The maximum atomic E-state index is 13.2. The van der Waals surface area contributed by atoms with Gasteiger partial charge in [-0.3, -0.25) is 4.79 Å². The number of hydrogen-bond acceptors (Lipinski definition) is 3. The summed E-state index contributed by atoms with van der Waals surface area (Å²) in [6.07, 6.45) is 0.342. The van der Waals surface area contributed by atoms with E-state index in [0.717, 1.165) is 6.42 Å². The molecule has 3 N–H and O–H groups in total. The molecule has 98 valence electrons. The third kappa shape index (κ3) is 2.61. The van der Waals surface area contributed by atoms with Crippen LogP contribution in [-0.4, -0.2) is 35.1 Å². The molecule has 0 aromatic heterocycles. The van der Waals surface area contributed by atoms with E-state index < -0.39 is 11.9 Å². The molecule has 18 heavy (non-hydrogen) atoms. The van der Waals surface area contributed by atoms with Crippen LogP contribution in [-0.2, 0) is 0 Å². The van der Waals surface area contributed by atoms with Crippen molar-refractivity contribution in [2.75, 3.05) is 18.8 Å². The van der Waals surface area contributed by atoms with E-state index in [-0.39, 0.29) is 23.1 Å². The summed E-state index contributed by atoms with van der Waals surface area (Å²) < 4.78 is 13.2. The van der Waals surface area contributed by atoms with Gasteiger partial charge in [-0.2, -0.15) is 0 Å². The number of anilines is 1. The highest BCUT2D eigenvalue weighted by atomic mass is 19.1. The number of halogens is 1. The predicted octanol–water partition coefficient (Wildman–Crippen LogP) is 1.25. The van der Waals surface area contributed by atoms with Gasteiger partial charge in [-0.1, -0.05) is 0 Å². The molecule has 0 radical (unpaired) electrons. The van der Waals surface area contributed by atoms with E-state index in [4.69, 9.17) is 5.73 Å². The first kappa shape index (κ1) is 12.8. The van der Waals surface area contributed by atoms with Gasteiger partial charge in [-0.15, -0.1) is 0 Å². The zero-order valence-corrected chi connectivity index (χ0v) is 10.3. The molecule has 2 atom stereocenters. The number of carbonyl (C=O) groups excluding carboxylic acids is 1. The molecule has 0 saturated carbocycles. The van der Waals surface area contributed by atoms with E-state index in [1.807, 2.05) is 0 Å². The first-order valence-electron chi connectivity index (χ1n) is 6.01. The number of rotatable bonds is 2. The number of aliphatic hydroxyl groups is 1. The van der Waals surface area contributed by atoms with Crippen molar-refractivity contribution in [2.24, 2.45) is 5.92 Å². The summed E-state index contributed by atoms with van der Waals surface area (Å²) in [5.74, 6) is -0.645. The van der Waals surface area contributed by atoms with Crippen LogP contribution in [0.1, 0.15) is 23.7 Å². The van der Waals surface area contributed by atoms with Gasteiger partial charge in [0.1, 0.15) is 5.82 Å². The molecule has 0 bridgehead atoms. The van der Waals surface area contributed by atoms with Crippen molar-refractivity contribution in [1.29, 1.82) is 0 Å². The van der Waals surface area contributed by atoms with Gasteiger partial charge in [0.05, 0.1) is 6.10 Å². The normalized spacial score (nSPS) is 21.1. The third-order valence-electron chi connectivity index (χ3n) is 3.36. The van der Waals surface area contributed by atoms with Crippen LogP contribution in [0.2, 0.25) is 0 Å². The Morgan fingerprint density at radius 1 is 1.56 bits per heavy atom. The predicted molar refractivity (Wildman–Crippen MR) is 66.5 cm³/mol. The van der Waals surface area contributed by atoms with Gasteiger partial charge < -0.3 is 15.7 Å². The minimum atomic E-state index is -0.510. The Balaban J connectivity index is 2.12. The van der Waals surface area contributed by atoms with Crippen LogP contribution >= 0.6 is 0 Å². The van der Waals surface area contributed by atoms with Gasteiger partial charge in [-0.05, 0) is 31.5 Å². The van der Waals surface area contributed by atoms with E-state index >= 15 is 0 Å². The molecule has 4 nitrogen and oxygen atoms in total. The minimum absolute atomic E-state index is 0.0971. The summed E-state index contributed by atoms with van der Waals surface area (Å²) in [4.78, 5) is 13.8. The number of hydrogen-bond donors (Lipinski definition) is 2. The van der Waals surface area contributed by atoms with Crippen molar-refractivity contribution in [3.8, 4) is 0 Å². The molecule has 1 saturated heterocycles. The minimum Gasteiger partial charge on any atom is -0.399 e. The van der Waals surface area contributed by atoms with Crippen molar-refractivity contribution in [3.05, 3.63) is 29.6 Å². The van der Waals surface area contributed by atoms with Crippen LogP contribution < -0.4 is 5.73 Å². The summed E-state index contributed by atoms with van der Waals surface area (Å²) >= 11 is 0. The number of nitrogens with zero attached hydrogens (tertiary/aromatic N) is 1. The highest BCUT2D eigenvalue weighted by molar-refractivity contribution is 5.95. The van der Waals surface area contributed by atoms with Gasteiger partial charge in [0.2, 0.25) is 0 Å². The molecule has 1 aliphatic rings. The Bertz CT molecular complexity index is 442. The fourth-order valence-corrected chi connectivity index (χ4v) is 2.28. The largest absolute Gasteiger partial charge is 0.399 e. The van der Waals surface area contributed by atoms with E-state index in [1.165, 1.54) is 18.2 Å². The van der Waals surface area contributed by atoms with Crippen LogP contribution in [0.5, 0.6) is 0 Å². The molecule has 1 heterocycles. The molecular weight excluding hydrogens is 235 g/mol. The number of amides is 1. The Hall–Kier alpha value is -1.62. The first-order valence-corrected chi connectivity index (χ1v) is 6.01. The molecule has 1 aromatic carbocycles. The topological polar surface area (TPSA) is 66.6 Å². The van der Waals surface area contributed by atoms with Gasteiger partial charge in [0.25, 0.3) is 5.91 Å². The molecule has 1 aromatic rings. The summed E-state index contributed by atoms with van der Waals surface area (Å²) in [6, 6.07) is 3.84. The highest BCUT2D eigenvalue weighted by Gasteiger charge is 2.29. The lowest BCUT2D eigenvalue weighted by Crippen LogP contribution is -2.30. The monoisotopic (exact) mass is 252 g/mol. The summed E-state index contributed by atoms with van der Waals surface area (Å²) in [6.45, 7) is 2.82. The molecule has 2 rings (SSSR count). The lowest BCUT2D eigenvalue weighted by Gasteiger charge is -2.18. The summed E-state index contributed by atoms with van der Waals surface area (Å²) in [5, 5.41) is 9.49. The van der Waals surface area contributed by atoms with Crippen molar-refractivity contribution in [1.82, 2.24) is 4.90 Å². The van der Waals surface area contributed by atoms with E-state index in [2.05, 4.69) is 0 Å². The van der Waals surface area contributed by atoms with Crippen LogP contribution in [0.15, 0.2) is 18.2 Å². The molecule has 1 aliphatic heterocycles. The average molecular weight is 252 g/mol. The smallest absolute Gasteiger partial charge is 0.254 e. The SMILES string of the molecule is CC(O)C1CCN(C(=O)c2cc(N)cc(F)c2)C1. The van der Waals surface area contributed by atoms with E-state index in [1.54, 1.807) is 11.8 Å². The van der Waals surface area contributed by atoms with Crippen molar-refractivity contribution < 1.29 is 14.3 Å². The standard InChI is InChI=1S/C13H17FN2O2/c1-8(17)9-2-3-16(7-9)13(18)10-4-11(14)6-12(15)5-10/h4-6,8-9,17H,2-3,7,15H2,1H3. The van der Waals surface area contributed by atoms with Crippen molar-refractivity contribution >= 4 is 11.6 Å². The first-order chi connectivity index (χ1) is 8.47. The van der Waals surface area contributed by atoms with Gasteiger partial charge in [0.15, 0.2) is 0 Å². The van der Waals surface area contributed by atoms with Crippen LogP contribution in [0, 0.1) is 11.7 Å². The number of likely N-dealkylation sites (tertiary alicyclic amines) is 1. The zero-order chi connectivity index (χ0) is 13.3. The fourth-order valence-electron chi connectivity index (χ4n) is 2.28. The average Bonchev–Trinajstić information content (AvgIpc) is 2.75. The van der Waals surface area contributed by atoms with Gasteiger partial charge >= 0.3 is 0 Å². The molecular formula is C13H17FN2O2.